The quantitative estimate of drug-likeness (QED) is 0.875. The van der Waals surface area contributed by atoms with E-state index in [0.29, 0.717) is 0 Å². The summed E-state index contributed by atoms with van der Waals surface area (Å²) in [5.41, 5.74) is -0.824. The maximum Gasteiger partial charge on any atom is 0.416 e. The number of aliphatic carboxylic acids is 1. The van der Waals surface area contributed by atoms with Crippen LogP contribution in [0.5, 0.6) is 0 Å². The number of pyridine rings is 1. The Kier molecular flexibility index (Phi) is 4.15. The summed E-state index contributed by atoms with van der Waals surface area (Å²) < 4.78 is 37.3. The number of rotatable bonds is 4. The molecule has 0 aliphatic carbocycles. The van der Waals surface area contributed by atoms with Crippen LogP contribution in [0.3, 0.4) is 0 Å². The molecule has 1 rings (SSSR count). The largest absolute Gasteiger partial charge is 0.481 e. The van der Waals surface area contributed by atoms with Crippen LogP contribution < -0.4 is 5.32 Å². The van der Waals surface area contributed by atoms with Gasteiger partial charge in [0.05, 0.1) is 11.5 Å². The number of hydrogen-bond donors (Lipinski definition) is 2. The van der Waals surface area contributed by atoms with E-state index in [4.69, 9.17) is 5.11 Å². The molecule has 0 bridgehead atoms. The first kappa shape index (κ1) is 14.3. The molecular weight excluding hydrogens is 249 g/mol. The molecule has 0 amide bonds. The van der Waals surface area contributed by atoms with Crippen LogP contribution in [0.15, 0.2) is 18.3 Å². The van der Waals surface area contributed by atoms with Crippen LogP contribution in [0.2, 0.25) is 0 Å². The van der Waals surface area contributed by atoms with Crippen molar-refractivity contribution >= 4 is 11.8 Å². The highest BCUT2D eigenvalue weighted by atomic mass is 19.4. The Morgan fingerprint density at radius 2 is 2.06 bits per heavy atom. The molecule has 2 N–H and O–H groups in total. The van der Waals surface area contributed by atoms with Crippen molar-refractivity contribution < 1.29 is 23.1 Å². The van der Waals surface area contributed by atoms with Gasteiger partial charge in [-0.2, -0.15) is 13.2 Å². The van der Waals surface area contributed by atoms with Gasteiger partial charge < -0.3 is 10.4 Å². The molecule has 0 aliphatic heterocycles. The Labute approximate surface area is 102 Å². The third kappa shape index (κ3) is 3.61. The molecule has 1 aromatic rings. The summed E-state index contributed by atoms with van der Waals surface area (Å²) in [6, 6.07) is 1.18. The predicted octanol–water partition coefficient (Wildman–Crippen LogP) is 2.62. The van der Waals surface area contributed by atoms with Gasteiger partial charge in [0.15, 0.2) is 0 Å². The molecule has 0 fully saturated rings. The first-order valence-corrected chi connectivity index (χ1v) is 5.24. The van der Waals surface area contributed by atoms with Crippen LogP contribution in [-0.2, 0) is 11.0 Å². The van der Waals surface area contributed by atoms with Crippen LogP contribution in [0.1, 0.15) is 19.4 Å². The van der Waals surface area contributed by atoms with E-state index < -0.39 is 29.7 Å². The Morgan fingerprint density at radius 1 is 1.44 bits per heavy atom. The number of alkyl halides is 3. The molecular formula is C11H13F3N2O2. The van der Waals surface area contributed by atoms with Gasteiger partial charge in [-0.3, -0.25) is 4.79 Å². The smallest absolute Gasteiger partial charge is 0.416 e. The molecule has 0 radical (unpaired) electrons. The number of halogens is 3. The predicted molar refractivity (Wildman–Crippen MR) is 59.1 cm³/mol. The normalized spacial score (nSPS) is 14.9. The van der Waals surface area contributed by atoms with Crippen molar-refractivity contribution in [2.75, 3.05) is 5.32 Å². The summed E-state index contributed by atoms with van der Waals surface area (Å²) in [5, 5.41) is 11.4. The Balaban J connectivity index is 2.83. The number of carbonyl (C=O) groups is 1. The molecule has 0 aromatic carbocycles. The maximum absolute atomic E-state index is 12.4. The summed E-state index contributed by atoms with van der Waals surface area (Å²) in [4.78, 5) is 14.4. The zero-order chi connectivity index (χ0) is 13.9. The minimum absolute atomic E-state index is 0.00502. The summed E-state index contributed by atoms with van der Waals surface area (Å²) in [6.45, 7) is 3.04. The van der Waals surface area contributed by atoms with E-state index in [-0.39, 0.29) is 5.82 Å². The standard InChI is InChI=1S/C11H13F3N2O2/c1-6(10(17)18)7(2)16-9-5-8(3-4-15-9)11(12,13)14/h3-7H,1-2H3,(H,15,16)(H,17,18). The van der Waals surface area contributed by atoms with Crippen LogP contribution >= 0.6 is 0 Å². The van der Waals surface area contributed by atoms with Gasteiger partial charge in [0.1, 0.15) is 5.82 Å². The number of hydrogen-bond acceptors (Lipinski definition) is 3. The van der Waals surface area contributed by atoms with E-state index in [0.717, 1.165) is 18.3 Å². The fourth-order valence-electron chi connectivity index (χ4n) is 1.26. The zero-order valence-electron chi connectivity index (χ0n) is 9.82. The molecule has 0 saturated carbocycles. The van der Waals surface area contributed by atoms with Gasteiger partial charge in [-0.05, 0) is 26.0 Å². The van der Waals surface area contributed by atoms with E-state index in [2.05, 4.69) is 10.3 Å². The molecule has 0 saturated heterocycles. The molecule has 100 valence electrons. The van der Waals surface area contributed by atoms with Crippen LogP contribution in [0.25, 0.3) is 0 Å². The number of nitrogens with zero attached hydrogens (tertiary/aromatic N) is 1. The van der Waals surface area contributed by atoms with Crippen molar-refractivity contribution in [2.45, 2.75) is 26.1 Å². The molecule has 1 aromatic heterocycles. The lowest BCUT2D eigenvalue weighted by Gasteiger charge is -2.18. The molecule has 7 heteroatoms. The van der Waals surface area contributed by atoms with Crippen LogP contribution in [-0.4, -0.2) is 22.1 Å². The van der Waals surface area contributed by atoms with Crippen molar-refractivity contribution in [3.8, 4) is 0 Å². The van der Waals surface area contributed by atoms with Crippen molar-refractivity contribution in [1.82, 2.24) is 4.98 Å². The Hall–Kier alpha value is -1.79. The summed E-state index contributed by atoms with van der Waals surface area (Å²) >= 11 is 0. The van der Waals surface area contributed by atoms with Gasteiger partial charge in [0.2, 0.25) is 0 Å². The van der Waals surface area contributed by atoms with Crippen LogP contribution in [0, 0.1) is 5.92 Å². The van der Waals surface area contributed by atoms with Gasteiger partial charge in [-0.25, -0.2) is 4.98 Å². The maximum atomic E-state index is 12.4. The lowest BCUT2D eigenvalue weighted by molar-refractivity contribution is -0.141. The fraction of sp³-hybridized carbons (Fsp3) is 0.455. The Morgan fingerprint density at radius 3 is 2.56 bits per heavy atom. The molecule has 2 unspecified atom stereocenters. The number of carboxylic acid groups (broad SMARTS) is 1. The molecule has 4 nitrogen and oxygen atoms in total. The van der Waals surface area contributed by atoms with E-state index in [1.54, 1.807) is 6.92 Å². The fourth-order valence-corrected chi connectivity index (χ4v) is 1.26. The highest BCUT2D eigenvalue weighted by Gasteiger charge is 2.31. The van der Waals surface area contributed by atoms with E-state index in [9.17, 15) is 18.0 Å². The highest BCUT2D eigenvalue weighted by Crippen LogP contribution is 2.30. The summed E-state index contributed by atoms with van der Waals surface area (Å²) in [5.74, 6) is -1.76. The third-order valence-electron chi connectivity index (χ3n) is 2.60. The third-order valence-corrected chi connectivity index (χ3v) is 2.60. The topological polar surface area (TPSA) is 62.2 Å². The molecule has 18 heavy (non-hydrogen) atoms. The van der Waals surface area contributed by atoms with E-state index in [1.807, 2.05) is 0 Å². The number of anilines is 1. The van der Waals surface area contributed by atoms with Crippen molar-refractivity contribution in [3.63, 3.8) is 0 Å². The minimum Gasteiger partial charge on any atom is -0.481 e. The van der Waals surface area contributed by atoms with E-state index >= 15 is 0 Å². The van der Waals surface area contributed by atoms with Gasteiger partial charge >= 0.3 is 12.1 Å². The molecule has 2 atom stereocenters. The second-order valence-corrected chi connectivity index (χ2v) is 3.99. The number of nitrogens with one attached hydrogen (secondary N) is 1. The SMILES string of the molecule is CC(Nc1cc(C(F)(F)F)ccn1)C(C)C(=O)O. The average molecular weight is 262 g/mol. The average Bonchev–Trinajstić information content (AvgIpc) is 2.27. The summed E-state index contributed by atoms with van der Waals surface area (Å²) in [7, 11) is 0. The van der Waals surface area contributed by atoms with Crippen molar-refractivity contribution in [3.05, 3.63) is 23.9 Å². The molecule has 0 aliphatic rings. The number of carboxylic acids is 1. The minimum atomic E-state index is -4.44. The lowest BCUT2D eigenvalue weighted by Crippen LogP contribution is -2.30. The lowest BCUT2D eigenvalue weighted by atomic mass is 10.0. The first-order valence-electron chi connectivity index (χ1n) is 5.24. The van der Waals surface area contributed by atoms with Crippen molar-refractivity contribution in [2.24, 2.45) is 5.92 Å². The van der Waals surface area contributed by atoms with Gasteiger partial charge in [-0.1, -0.05) is 0 Å². The summed E-state index contributed by atoms with van der Waals surface area (Å²) in [6.07, 6.45) is -3.41. The van der Waals surface area contributed by atoms with Crippen molar-refractivity contribution in [1.29, 1.82) is 0 Å². The first-order chi connectivity index (χ1) is 8.21. The zero-order valence-corrected chi connectivity index (χ0v) is 9.82. The second kappa shape index (κ2) is 5.24. The van der Waals surface area contributed by atoms with Crippen LogP contribution in [0.4, 0.5) is 19.0 Å². The van der Waals surface area contributed by atoms with Gasteiger partial charge in [-0.15, -0.1) is 0 Å². The van der Waals surface area contributed by atoms with Gasteiger partial charge in [0.25, 0.3) is 0 Å². The van der Waals surface area contributed by atoms with E-state index in [1.165, 1.54) is 6.92 Å². The molecule has 0 spiro atoms. The molecule has 1 heterocycles. The van der Waals surface area contributed by atoms with Gasteiger partial charge in [0, 0.05) is 12.2 Å². The number of aromatic nitrogens is 1. The highest BCUT2D eigenvalue weighted by molar-refractivity contribution is 5.71. The second-order valence-electron chi connectivity index (χ2n) is 3.99. The Bertz CT molecular complexity index is 435. The monoisotopic (exact) mass is 262 g/mol.